The molecule has 0 radical (unpaired) electrons. The molecular formula is C13H15N5. The van der Waals surface area contributed by atoms with Crippen molar-refractivity contribution < 1.29 is 0 Å². The van der Waals surface area contributed by atoms with Crippen LogP contribution in [0.1, 0.15) is 11.6 Å². The van der Waals surface area contributed by atoms with Gasteiger partial charge in [-0.1, -0.05) is 18.2 Å². The Morgan fingerprint density at radius 1 is 1.22 bits per heavy atom. The summed E-state index contributed by atoms with van der Waals surface area (Å²) in [5.41, 5.74) is 1.20. The molecule has 2 aromatic rings. The minimum Gasteiger partial charge on any atom is -0.351 e. The first-order valence-electron chi connectivity index (χ1n) is 5.93. The van der Waals surface area contributed by atoms with Crippen molar-refractivity contribution in [3.63, 3.8) is 0 Å². The summed E-state index contributed by atoms with van der Waals surface area (Å²) in [6, 6.07) is 10.3. The minimum atomic E-state index is 0.751. The van der Waals surface area contributed by atoms with Crippen LogP contribution in [0.15, 0.2) is 42.7 Å². The number of nitrogens with one attached hydrogen (secondary N) is 1. The highest BCUT2D eigenvalue weighted by molar-refractivity contribution is 5.49. The summed E-state index contributed by atoms with van der Waals surface area (Å²) in [6.45, 7) is 3.47. The molecule has 0 unspecified atom stereocenters. The molecule has 0 saturated carbocycles. The van der Waals surface area contributed by atoms with Crippen molar-refractivity contribution in [1.29, 1.82) is 0 Å². The van der Waals surface area contributed by atoms with Crippen LogP contribution in [0.5, 0.6) is 0 Å². The highest BCUT2D eigenvalue weighted by Crippen LogP contribution is 2.19. The summed E-state index contributed by atoms with van der Waals surface area (Å²) in [6.07, 6.45) is 4.16. The number of anilines is 1. The smallest absolute Gasteiger partial charge is 0.147 e. The Kier molecular flexibility index (Phi) is 2.72. The van der Waals surface area contributed by atoms with Crippen LogP contribution < -0.4 is 4.90 Å². The zero-order valence-corrected chi connectivity index (χ0v) is 10.2. The predicted octanol–water partition coefficient (Wildman–Crippen LogP) is 1.86. The van der Waals surface area contributed by atoms with Gasteiger partial charge >= 0.3 is 0 Å². The fourth-order valence-corrected chi connectivity index (χ4v) is 2.01. The first-order valence-corrected chi connectivity index (χ1v) is 5.93. The molecule has 18 heavy (non-hydrogen) atoms. The summed E-state index contributed by atoms with van der Waals surface area (Å²) in [5, 5.41) is 6.97. The first-order chi connectivity index (χ1) is 8.81. The maximum Gasteiger partial charge on any atom is 0.147 e. The molecular weight excluding hydrogens is 226 g/mol. The van der Waals surface area contributed by atoms with E-state index in [1.807, 2.05) is 25.1 Å². The highest BCUT2D eigenvalue weighted by atomic mass is 15.4. The van der Waals surface area contributed by atoms with Crippen molar-refractivity contribution in [1.82, 2.24) is 20.1 Å². The number of hydrogen-bond acceptors (Lipinski definition) is 4. The summed E-state index contributed by atoms with van der Waals surface area (Å²) in [5.74, 6) is 1.68. The Morgan fingerprint density at radius 3 is 2.78 bits per heavy atom. The average Bonchev–Trinajstić information content (AvgIpc) is 3.01. The molecule has 1 aliphatic rings. The van der Waals surface area contributed by atoms with Crippen molar-refractivity contribution >= 4 is 5.69 Å². The molecule has 0 fully saturated rings. The number of nitrogens with zero attached hydrogens (tertiary/aromatic N) is 4. The van der Waals surface area contributed by atoms with Crippen molar-refractivity contribution in [3.8, 4) is 0 Å². The Bertz CT molecular complexity index is 546. The lowest BCUT2D eigenvalue weighted by molar-refractivity contribution is 0.389. The quantitative estimate of drug-likeness (QED) is 0.891. The van der Waals surface area contributed by atoms with Gasteiger partial charge in [0.15, 0.2) is 0 Å². The van der Waals surface area contributed by atoms with E-state index >= 15 is 0 Å². The number of para-hydroxylation sites is 1. The maximum atomic E-state index is 4.31. The van der Waals surface area contributed by atoms with E-state index in [9.17, 15) is 0 Å². The van der Waals surface area contributed by atoms with Gasteiger partial charge in [-0.25, -0.2) is 4.98 Å². The van der Waals surface area contributed by atoms with E-state index in [4.69, 9.17) is 0 Å². The van der Waals surface area contributed by atoms with Gasteiger partial charge in [0.05, 0.1) is 13.2 Å². The molecule has 1 aromatic carbocycles. The van der Waals surface area contributed by atoms with Crippen molar-refractivity contribution in [2.24, 2.45) is 0 Å². The molecule has 0 saturated heterocycles. The second kappa shape index (κ2) is 4.52. The third-order valence-corrected chi connectivity index (χ3v) is 2.88. The van der Waals surface area contributed by atoms with Crippen LogP contribution in [0.2, 0.25) is 0 Å². The molecule has 5 heteroatoms. The molecule has 0 atom stereocenters. The molecule has 2 heterocycles. The summed E-state index contributed by atoms with van der Waals surface area (Å²) in [4.78, 5) is 8.70. The van der Waals surface area contributed by atoms with Gasteiger partial charge in [0.2, 0.25) is 0 Å². The van der Waals surface area contributed by atoms with Crippen LogP contribution in [-0.4, -0.2) is 26.7 Å². The number of aryl methyl sites for hydroxylation is 1. The molecule has 0 spiro atoms. The summed E-state index contributed by atoms with van der Waals surface area (Å²) >= 11 is 0. The van der Waals surface area contributed by atoms with Crippen molar-refractivity contribution in [2.75, 3.05) is 11.6 Å². The molecule has 0 bridgehead atoms. The number of H-pyrrole nitrogens is 1. The van der Waals surface area contributed by atoms with E-state index in [1.54, 1.807) is 0 Å². The third kappa shape index (κ3) is 2.20. The molecule has 92 valence electrons. The number of aromatic amines is 1. The van der Waals surface area contributed by atoms with Gasteiger partial charge in [-0.05, 0) is 19.1 Å². The maximum absolute atomic E-state index is 4.31. The lowest BCUT2D eigenvalue weighted by atomic mass is 10.3. The molecule has 5 nitrogen and oxygen atoms in total. The number of aromatic nitrogens is 3. The lowest BCUT2D eigenvalue weighted by Gasteiger charge is -2.20. The largest absolute Gasteiger partial charge is 0.351 e. The van der Waals surface area contributed by atoms with E-state index in [2.05, 4.69) is 49.5 Å². The summed E-state index contributed by atoms with van der Waals surface area (Å²) < 4.78 is 0. The molecule has 1 aromatic heterocycles. The monoisotopic (exact) mass is 241 g/mol. The van der Waals surface area contributed by atoms with Crippen molar-refractivity contribution in [3.05, 3.63) is 54.4 Å². The standard InChI is InChI=1S/C13H15N5/c1-11-14-13(16-15-11)9-17-7-8-18(10-17)12-5-3-2-4-6-12/h2-8H,9-10H2,1H3,(H,14,15,16). The summed E-state index contributed by atoms with van der Waals surface area (Å²) in [7, 11) is 0. The van der Waals surface area contributed by atoms with Gasteiger partial charge in [0.25, 0.3) is 0 Å². The molecule has 1 aliphatic heterocycles. The number of benzene rings is 1. The Hall–Kier alpha value is -2.30. The highest BCUT2D eigenvalue weighted by Gasteiger charge is 2.14. The zero-order chi connectivity index (χ0) is 12.4. The van der Waals surface area contributed by atoms with Crippen LogP contribution in [-0.2, 0) is 6.54 Å². The van der Waals surface area contributed by atoms with Crippen LogP contribution in [0.4, 0.5) is 5.69 Å². The first kappa shape index (κ1) is 10.8. The Balaban J connectivity index is 1.64. The van der Waals surface area contributed by atoms with Crippen LogP contribution in [0.25, 0.3) is 0 Å². The van der Waals surface area contributed by atoms with Crippen LogP contribution in [0, 0.1) is 6.92 Å². The second-order valence-electron chi connectivity index (χ2n) is 4.32. The minimum absolute atomic E-state index is 0.751. The van der Waals surface area contributed by atoms with E-state index in [1.165, 1.54) is 5.69 Å². The van der Waals surface area contributed by atoms with Gasteiger partial charge in [0.1, 0.15) is 11.6 Å². The van der Waals surface area contributed by atoms with E-state index in [-0.39, 0.29) is 0 Å². The van der Waals surface area contributed by atoms with E-state index in [0.717, 1.165) is 24.9 Å². The van der Waals surface area contributed by atoms with Gasteiger partial charge in [0, 0.05) is 18.1 Å². The molecule has 3 rings (SSSR count). The molecule has 0 aliphatic carbocycles. The van der Waals surface area contributed by atoms with Gasteiger partial charge in [-0.3, -0.25) is 5.10 Å². The van der Waals surface area contributed by atoms with Gasteiger partial charge in [-0.15, -0.1) is 0 Å². The second-order valence-corrected chi connectivity index (χ2v) is 4.32. The molecule has 0 amide bonds. The predicted molar refractivity (Wildman–Crippen MR) is 69.6 cm³/mol. The number of rotatable bonds is 3. The van der Waals surface area contributed by atoms with Gasteiger partial charge < -0.3 is 9.80 Å². The van der Waals surface area contributed by atoms with E-state index < -0.39 is 0 Å². The molecule has 1 N–H and O–H groups in total. The van der Waals surface area contributed by atoms with E-state index in [0.29, 0.717) is 0 Å². The normalized spacial score (nSPS) is 14.5. The lowest BCUT2D eigenvalue weighted by Crippen LogP contribution is -2.24. The Morgan fingerprint density at radius 2 is 2.06 bits per heavy atom. The fourth-order valence-electron chi connectivity index (χ4n) is 2.01. The Labute approximate surface area is 106 Å². The van der Waals surface area contributed by atoms with Crippen molar-refractivity contribution in [2.45, 2.75) is 13.5 Å². The topological polar surface area (TPSA) is 48.1 Å². The zero-order valence-electron chi connectivity index (χ0n) is 10.2. The average molecular weight is 241 g/mol. The van der Waals surface area contributed by atoms with Crippen LogP contribution in [0.3, 0.4) is 0 Å². The SMILES string of the molecule is Cc1n[nH]c(CN2C=CN(c3ccccc3)C2)n1. The van der Waals surface area contributed by atoms with Crippen LogP contribution >= 0.6 is 0 Å². The van der Waals surface area contributed by atoms with Gasteiger partial charge in [-0.2, -0.15) is 5.10 Å². The number of hydrogen-bond donors (Lipinski definition) is 1. The third-order valence-electron chi connectivity index (χ3n) is 2.88. The fraction of sp³-hybridized carbons (Fsp3) is 0.231.